The van der Waals surface area contributed by atoms with Gasteiger partial charge in [0, 0.05) is 17.6 Å². The van der Waals surface area contributed by atoms with Crippen molar-refractivity contribution in [1.82, 2.24) is 10.2 Å². The summed E-state index contributed by atoms with van der Waals surface area (Å²) in [7, 11) is -4.20. The number of amides is 2. The lowest BCUT2D eigenvalue weighted by Crippen LogP contribution is -2.51. The largest absolute Gasteiger partial charge is 0.354 e. The number of rotatable bonds is 11. The maximum Gasteiger partial charge on any atom is 0.264 e. The fourth-order valence-electron chi connectivity index (χ4n) is 3.83. The molecule has 0 aliphatic rings. The van der Waals surface area contributed by atoms with Crippen LogP contribution in [-0.2, 0) is 26.2 Å². The molecule has 2 amide bonds. The van der Waals surface area contributed by atoms with Crippen LogP contribution in [0.3, 0.4) is 0 Å². The first-order valence-corrected chi connectivity index (χ1v) is 15.6. The molecule has 0 aromatic heterocycles. The molecular formula is C29H32BrCl2N3O4S. The summed E-state index contributed by atoms with van der Waals surface area (Å²) in [5.74, 6) is -0.671. The Morgan fingerprint density at radius 1 is 0.925 bits per heavy atom. The number of benzene rings is 3. The third-order valence-corrected chi connectivity index (χ3v) is 9.25. The minimum absolute atomic E-state index is 0.0131. The van der Waals surface area contributed by atoms with Gasteiger partial charge in [0.2, 0.25) is 11.8 Å². The van der Waals surface area contributed by atoms with Crippen molar-refractivity contribution in [1.29, 1.82) is 0 Å². The number of hydrogen-bond donors (Lipinski definition) is 1. The third kappa shape index (κ3) is 8.22. The van der Waals surface area contributed by atoms with Gasteiger partial charge in [-0.15, -0.1) is 0 Å². The van der Waals surface area contributed by atoms with Crippen molar-refractivity contribution in [2.24, 2.45) is 5.92 Å². The Kier molecular flexibility index (Phi) is 11.1. The predicted octanol–water partition coefficient (Wildman–Crippen LogP) is 6.45. The highest BCUT2D eigenvalue weighted by atomic mass is 79.9. The summed E-state index contributed by atoms with van der Waals surface area (Å²) in [6.07, 6.45) is 0. The van der Waals surface area contributed by atoms with Crippen molar-refractivity contribution in [3.63, 3.8) is 0 Å². The highest BCUT2D eigenvalue weighted by Gasteiger charge is 2.32. The fraction of sp³-hybridized carbons (Fsp3) is 0.310. The molecule has 40 heavy (non-hydrogen) atoms. The molecule has 0 radical (unpaired) electrons. The van der Waals surface area contributed by atoms with E-state index >= 15 is 0 Å². The molecule has 3 aromatic rings. The predicted molar refractivity (Wildman–Crippen MR) is 164 cm³/mol. The van der Waals surface area contributed by atoms with Gasteiger partial charge in [-0.05, 0) is 67.8 Å². The fourth-order valence-corrected chi connectivity index (χ4v) is 5.79. The molecule has 0 spiro atoms. The molecule has 3 aromatic carbocycles. The van der Waals surface area contributed by atoms with E-state index in [1.54, 1.807) is 19.1 Å². The number of nitrogens with one attached hydrogen (secondary N) is 1. The maximum atomic E-state index is 13.9. The van der Waals surface area contributed by atoms with Crippen LogP contribution in [0.1, 0.15) is 31.9 Å². The van der Waals surface area contributed by atoms with Gasteiger partial charge in [-0.2, -0.15) is 0 Å². The Balaban J connectivity index is 2.03. The summed E-state index contributed by atoms with van der Waals surface area (Å²) >= 11 is 15.7. The molecule has 1 N–H and O–H groups in total. The van der Waals surface area contributed by atoms with Crippen LogP contribution in [0.15, 0.2) is 76.1 Å². The van der Waals surface area contributed by atoms with Gasteiger partial charge in [0.05, 0.1) is 20.6 Å². The van der Waals surface area contributed by atoms with Gasteiger partial charge in [0.25, 0.3) is 10.0 Å². The summed E-state index contributed by atoms with van der Waals surface area (Å²) in [6, 6.07) is 17.2. The quantitative estimate of drug-likeness (QED) is 0.255. The third-order valence-electron chi connectivity index (χ3n) is 6.20. The normalized spacial score (nSPS) is 12.2. The Hall–Kier alpha value is -2.59. The zero-order chi connectivity index (χ0) is 29.6. The zero-order valence-corrected chi connectivity index (χ0v) is 26.6. The Labute approximate surface area is 254 Å². The SMILES string of the molecule is Cc1ccc(S(=O)(=O)N(CC(=O)N(Cc2ccc(Br)cc2)[C@H](C)C(=O)NCC(C)C)c2ccc(Cl)c(Cl)c2)cc1. The first kappa shape index (κ1) is 31.9. The first-order valence-electron chi connectivity index (χ1n) is 12.7. The molecule has 0 saturated heterocycles. The molecule has 0 fully saturated rings. The standard InChI is InChI=1S/C29H32BrCl2N3O4S/c1-19(2)16-33-29(37)21(4)34(17-22-7-9-23(30)10-8-22)28(36)18-35(24-11-14-26(31)27(32)15-24)40(38,39)25-12-5-20(3)6-13-25/h5-15,19,21H,16-18H2,1-4H3,(H,33,37)/t21-/m1/s1. The van der Waals surface area contributed by atoms with Crippen LogP contribution in [0.25, 0.3) is 0 Å². The van der Waals surface area contributed by atoms with Crippen molar-refractivity contribution in [2.45, 2.75) is 45.2 Å². The van der Waals surface area contributed by atoms with Gasteiger partial charge >= 0.3 is 0 Å². The minimum Gasteiger partial charge on any atom is -0.354 e. The first-order chi connectivity index (χ1) is 18.8. The molecule has 0 saturated carbocycles. The number of anilines is 1. The highest BCUT2D eigenvalue weighted by Crippen LogP contribution is 2.31. The molecule has 1 atom stereocenters. The van der Waals surface area contributed by atoms with Gasteiger partial charge in [0.15, 0.2) is 0 Å². The number of carbonyl (C=O) groups is 2. The van der Waals surface area contributed by atoms with E-state index in [0.29, 0.717) is 6.54 Å². The van der Waals surface area contributed by atoms with Gasteiger partial charge in [-0.1, -0.05) is 82.8 Å². The monoisotopic (exact) mass is 667 g/mol. The molecule has 0 heterocycles. The van der Waals surface area contributed by atoms with E-state index in [-0.39, 0.29) is 39.0 Å². The average molecular weight is 669 g/mol. The smallest absolute Gasteiger partial charge is 0.264 e. The van der Waals surface area contributed by atoms with Crippen LogP contribution in [0, 0.1) is 12.8 Å². The van der Waals surface area contributed by atoms with Crippen molar-refractivity contribution in [3.05, 3.63) is 92.4 Å². The van der Waals surface area contributed by atoms with Crippen molar-refractivity contribution >= 4 is 66.7 Å². The summed E-state index contributed by atoms with van der Waals surface area (Å²) < 4.78 is 29.6. The summed E-state index contributed by atoms with van der Waals surface area (Å²) in [5.41, 5.74) is 1.84. The van der Waals surface area contributed by atoms with Gasteiger partial charge in [-0.3, -0.25) is 13.9 Å². The van der Waals surface area contributed by atoms with E-state index in [0.717, 1.165) is 19.9 Å². The molecule has 0 aliphatic heterocycles. The van der Waals surface area contributed by atoms with E-state index in [9.17, 15) is 18.0 Å². The van der Waals surface area contributed by atoms with E-state index in [1.165, 1.54) is 35.2 Å². The van der Waals surface area contributed by atoms with Crippen molar-refractivity contribution in [2.75, 3.05) is 17.4 Å². The average Bonchev–Trinajstić information content (AvgIpc) is 2.91. The number of carbonyl (C=O) groups excluding carboxylic acids is 2. The number of nitrogens with zero attached hydrogens (tertiary/aromatic N) is 2. The summed E-state index contributed by atoms with van der Waals surface area (Å²) in [4.78, 5) is 28.4. The van der Waals surface area contributed by atoms with Gasteiger partial charge < -0.3 is 10.2 Å². The molecule has 3 rings (SSSR count). The highest BCUT2D eigenvalue weighted by molar-refractivity contribution is 9.10. The lowest BCUT2D eigenvalue weighted by molar-refractivity contribution is -0.139. The van der Waals surface area contributed by atoms with Crippen LogP contribution in [0.4, 0.5) is 5.69 Å². The topological polar surface area (TPSA) is 86.8 Å². The van der Waals surface area contributed by atoms with Crippen LogP contribution in [0.5, 0.6) is 0 Å². The van der Waals surface area contributed by atoms with Gasteiger partial charge in [-0.25, -0.2) is 8.42 Å². The zero-order valence-electron chi connectivity index (χ0n) is 22.7. The Morgan fingerprint density at radius 2 is 1.55 bits per heavy atom. The van der Waals surface area contributed by atoms with Crippen LogP contribution >= 0.6 is 39.1 Å². The molecule has 0 bridgehead atoms. The Bertz CT molecular complexity index is 1450. The molecule has 7 nitrogen and oxygen atoms in total. The second kappa shape index (κ2) is 13.9. The molecule has 0 aliphatic carbocycles. The van der Waals surface area contributed by atoms with Crippen LogP contribution in [0.2, 0.25) is 10.0 Å². The molecule has 0 unspecified atom stereocenters. The number of aryl methyl sites for hydroxylation is 1. The van der Waals surface area contributed by atoms with Crippen LogP contribution < -0.4 is 9.62 Å². The second-order valence-corrected chi connectivity index (χ2v) is 13.5. The Morgan fingerprint density at radius 3 is 2.12 bits per heavy atom. The van der Waals surface area contributed by atoms with Crippen molar-refractivity contribution in [3.8, 4) is 0 Å². The van der Waals surface area contributed by atoms with E-state index in [4.69, 9.17) is 23.2 Å². The number of halogens is 3. The summed E-state index contributed by atoms with van der Waals surface area (Å²) in [5, 5.41) is 3.26. The second-order valence-electron chi connectivity index (χ2n) is 9.89. The van der Waals surface area contributed by atoms with Crippen LogP contribution in [-0.4, -0.2) is 44.3 Å². The lowest BCUT2D eigenvalue weighted by Gasteiger charge is -2.32. The van der Waals surface area contributed by atoms with E-state index < -0.39 is 28.5 Å². The number of sulfonamides is 1. The molecule has 214 valence electrons. The lowest BCUT2D eigenvalue weighted by atomic mass is 10.1. The number of hydrogen-bond acceptors (Lipinski definition) is 4. The van der Waals surface area contributed by atoms with E-state index in [1.807, 2.05) is 45.0 Å². The van der Waals surface area contributed by atoms with Crippen molar-refractivity contribution < 1.29 is 18.0 Å². The minimum atomic E-state index is -4.20. The molecule has 11 heteroatoms. The molecular weight excluding hydrogens is 637 g/mol. The van der Waals surface area contributed by atoms with Gasteiger partial charge in [0.1, 0.15) is 12.6 Å². The van der Waals surface area contributed by atoms with E-state index in [2.05, 4.69) is 21.2 Å². The summed E-state index contributed by atoms with van der Waals surface area (Å²) in [6.45, 7) is 7.41. The maximum absolute atomic E-state index is 13.9.